The van der Waals surface area contributed by atoms with Gasteiger partial charge in [-0.1, -0.05) is 30.3 Å². The number of rotatable bonds is 3. The van der Waals surface area contributed by atoms with Crippen LogP contribution in [0.15, 0.2) is 30.3 Å². The molecular weight excluding hydrogens is 196 g/mol. The van der Waals surface area contributed by atoms with Crippen LogP contribution in [0.25, 0.3) is 0 Å². The molecule has 0 aromatic heterocycles. The van der Waals surface area contributed by atoms with E-state index in [2.05, 4.69) is 24.3 Å². The fraction of sp³-hybridized carbons (Fsp3) is 0.500. The van der Waals surface area contributed by atoms with Crippen molar-refractivity contribution in [1.29, 1.82) is 0 Å². The van der Waals surface area contributed by atoms with E-state index in [9.17, 15) is 0 Å². The van der Waals surface area contributed by atoms with Crippen LogP contribution < -0.4 is 0 Å². The molecule has 1 fully saturated rings. The molecule has 1 aromatic carbocycles. The molecule has 2 rings (SSSR count). The maximum Gasteiger partial charge on any atom is 0.0509 e. The highest BCUT2D eigenvalue weighted by Gasteiger charge is 2.23. The topological polar surface area (TPSA) is 9.23 Å². The van der Waals surface area contributed by atoms with Gasteiger partial charge in [-0.25, -0.2) is 0 Å². The Bertz CT molecular complexity index is 267. The summed E-state index contributed by atoms with van der Waals surface area (Å²) in [5.41, 5.74) is 1.32. The van der Waals surface area contributed by atoms with Crippen LogP contribution in [0.2, 0.25) is 0 Å². The van der Waals surface area contributed by atoms with Gasteiger partial charge in [0.25, 0.3) is 0 Å². The Hall–Kier alpha value is -0.530. The highest BCUT2D eigenvalue weighted by molar-refractivity contribution is 6.20. The minimum absolute atomic E-state index is 0.222. The lowest BCUT2D eigenvalue weighted by molar-refractivity contribution is 0.185. The molecule has 76 valence electrons. The summed E-state index contributed by atoms with van der Waals surface area (Å²) >= 11 is 6.34. The van der Waals surface area contributed by atoms with E-state index < -0.39 is 0 Å². The van der Waals surface area contributed by atoms with Crippen LogP contribution >= 0.6 is 11.6 Å². The zero-order chi connectivity index (χ0) is 9.80. The van der Waals surface area contributed by atoms with Gasteiger partial charge in [0, 0.05) is 17.9 Å². The molecule has 2 unspecified atom stereocenters. The van der Waals surface area contributed by atoms with Gasteiger partial charge in [0.05, 0.1) is 6.61 Å². The van der Waals surface area contributed by atoms with Crippen molar-refractivity contribution in [2.45, 2.75) is 18.2 Å². The largest absolute Gasteiger partial charge is 0.381 e. The second-order valence-corrected chi connectivity index (χ2v) is 4.39. The van der Waals surface area contributed by atoms with Crippen molar-refractivity contribution in [1.82, 2.24) is 0 Å². The third-order valence-corrected chi connectivity index (χ3v) is 3.26. The van der Waals surface area contributed by atoms with Gasteiger partial charge in [-0.15, -0.1) is 11.6 Å². The predicted octanol–water partition coefficient (Wildman–Crippen LogP) is 2.87. The number of benzene rings is 1. The number of hydrogen-bond donors (Lipinski definition) is 0. The Morgan fingerprint density at radius 1 is 1.36 bits per heavy atom. The second kappa shape index (κ2) is 4.81. The van der Waals surface area contributed by atoms with Crippen LogP contribution in [0.1, 0.15) is 12.0 Å². The Kier molecular flexibility index (Phi) is 3.44. The lowest BCUT2D eigenvalue weighted by Gasteiger charge is -2.14. The molecule has 1 aliphatic heterocycles. The van der Waals surface area contributed by atoms with Gasteiger partial charge in [0.1, 0.15) is 0 Å². The van der Waals surface area contributed by atoms with Gasteiger partial charge in [-0.3, -0.25) is 0 Å². The van der Waals surface area contributed by atoms with E-state index in [0.717, 1.165) is 26.1 Å². The van der Waals surface area contributed by atoms with Crippen LogP contribution in [-0.4, -0.2) is 18.6 Å². The smallest absolute Gasteiger partial charge is 0.0509 e. The molecule has 1 saturated heterocycles. The average molecular weight is 211 g/mol. The summed E-state index contributed by atoms with van der Waals surface area (Å²) in [6.45, 7) is 1.71. The second-order valence-electron chi connectivity index (χ2n) is 3.83. The Morgan fingerprint density at radius 3 is 2.79 bits per heavy atom. The first-order valence-electron chi connectivity index (χ1n) is 5.12. The van der Waals surface area contributed by atoms with E-state index in [1.165, 1.54) is 5.56 Å². The van der Waals surface area contributed by atoms with Crippen molar-refractivity contribution in [2.24, 2.45) is 5.92 Å². The molecule has 1 nitrogen and oxygen atoms in total. The summed E-state index contributed by atoms with van der Waals surface area (Å²) in [4.78, 5) is 0. The van der Waals surface area contributed by atoms with Gasteiger partial charge in [-0.2, -0.15) is 0 Å². The van der Waals surface area contributed by atoms with Crippen molar-refractivity contribution in [2.75, 3.05) is 13.2 Å². The maximum atomic E-state index is 6.34. The average Bonchev–Trinajstić information content (AvgIpc) is 2.72. The fourth-order valence-corrected chi connectivity index (χ4v) is 2.22. The molecule has 0 amide bonds. The van der Waals surface area contributed by atoms with Gasteiger partial charge in [-0.05, 0) is 18.4 Å². The molecule has 2 heteroatoms. The molecule has 14 heavy (non-hydrogen) atoms. The molecule has 0 saturated carbocycles. The first-order chi connectivity index (χ1) is 6.86. The molecule has 0 spiro atoms. The van der Waals surface area contributed by atoms with E-state index in [1.807, 2.05) is 6.07 Å². The minimum Gasteiger partial charge on any atom is -0.381 e. The number of alkyl halides is 1. The SMILES string of the molecule is ClC(Cc1ccccc1)C1CCOC1. The standard InChI is InChI=1S/C12H15ClO/c13-12(11-6-7-14-9-11)8-10-4-2-1-3-5-10/h1-5,11-12H,6-9H2. The van der Waals surface area contributed by atoms with Crippen LogP contribution in [0.5, 0.6) is 0 Å². The van der Waals surface area contributed by atoms with E-state index in [4.69, 9.17) is 16.3 Å². The first kappa shape index (κ1) is 10.0. The van der Waals surface area contributed by atoms with E-state index in [1.54, 1.807) is 0 Å². The van der Waals surface area contributed by atoms with Gasteiger partial charge < -0.3 is 4.74 Å². The minimum atomic E-state index is 0.222. The zero-order valence-corrected chi connectivity index (χ0v) is 8.91. The molecule has 0 N–H and O–H groups in total. The molecule has 0 bridgehead atoms. The highest BCUT2D eigenvalue weighted by atomic mass is 35.5. The lowest BCUT2D eigenvalue weighted by atomic mass is 9.98. The monoisotopic (exact) mass is 210 g/mol. The normalized spacial score (nSPS) is 23.6. The van der Waals surface area contributed by atoms with Gasteiger partial charge >= 0.3 is 0 Å². The van der Waals surface area contributed by atoms with E-state index in [0.29, 0.717) is 5.92 Å². The van der Waals surface area contributed by atoms with Crippen LogP contribution in [-0.2, 0) is 11.2 Å². The fourth-order valence-electron chi connectivity index (χ4n) is 1.84. The summed E-state index contributed by atoms with van der Waals surface area (Å²) < 4.78 is 5.33. The predicted molar refractivity (Wildman–Crippen MR) is 58.7 cm³/mol. The van der Waals surface area contributed by atoms with E-state index in [-0.39, 0.29) is 5.38 Å². The van der Waals surface area contributed by atoms with Crippen molar-refractivity contribution < 1.29 is 4.74 Å². The van der Waals surface area contributed by atoms with Gasteiger partial charge in [0.15, 0.2) is 0 Å². The third-order valence-electron chi connectivity index (χ3n) is 2.75. The Balaban J connectivity index is 1.90. The number of halogens is 1. The first-order valence-corrected chi connectivity index (χ1v) is 5.55. The Morgan fingerprint density at radius 2 is 2.14 bits per heavy atom. The summed E-state index contributed by atoms with van der Waals surface area (Å²) in [5.74, 6) is 0.539. The van der Waals surface area contributed by atoms with Gasteiger partial charge in [0.2, 0.25) is 0 Å². The molecule has 2 atom stereocenters. The third kappa shape index (κ3) is 2.49. The molecular formula is C12H15ClO. The summed E-state index contributed by atoms with van der Waals surface area (Å²) in [5, 5.41) is 0.222. The highest BCUT2D eigenvalue weighted by Crippen LogP contribution is 2.23. The number of ether oxygens (including phenoxy) is 1. The van der Waals surface area contributed by atoms with Crippen molar-refractivity contribution in [3.63, 3.8) is 0 Å². The van der Waals surface area contributed by atoms with Crippen molar-refractivity contribution >= 4 is 11.6 Å². The molecule has 1 aromatic rings. The summed E-state index contributed by atoms with van der Waals surface area (Å²) in [6, 6.07) is 10.4. The zero-order valence-electron chi connectivity index (χ0n) is 8.16. The number of hydrogen-bond acceptors (Lipinski definition) is 1. The van der Waals surface area contributed by atoms with Crippen LogP contribution in [0, 0.1) is 5.92 Å². The van der Waals surface area contributed by atoms with Crippen molar-refractivity contribution in [3.05, 3.63) is 35.9 Å². The van der Waals surface area contributed by atoms with E-state index >= 15 is 0 Å². The van der Waals surface area contributed by atoms with Crippen LogP contribution in [0.3, 0.4) is 0 Å². The summed E-state index contributed by atoms with van der Waals surface area (Å²) in [7, 11) is 0. The van der Waals surface area contributed by atoms with Crippen molar-refractivity contribution in [3.8, 4) is 0 Å². The quantitative estimate of drug-likeness (QED) is 0.698. The molecule has 0 aliphatic carbocycles. The molecule has 1 heterocycles. The van der Waals surface area contributed by atoms with Crippen LogP contribution in [0.4, 0.5) is 0 Å². The Labute approximate surface area is 90.0 Å². The lowest BCUT2D eigenvalue weighted by Crippen LogP contribution is -2.17. The molecule has 0 radical (unpaired) electrons. The maximum absolute atomic E-state index is 6.34. The molecule has 1 aliphatic rings. The summed E-state index contributed by atoms with van der Waals surface area (Å²) in [6.07, 6.45) is 2.07.